The Hall–Kier alpha value is -3.02. The third-order valence-electron chi connectivity index (χ3n) is 2.98. The molecular weight excluding hydrogens is 273 g/mol. The Kier molecular flexibility index (Phi) is 3.19. The topological polar surface area (TPSA) is 78.9 Å². The maximum atomic E-state index is 13.1. The molecule has 0 unspecified atom stereocenters. The fourth-order valence-electron chi connectivity index (χ4n) is 1.97. The first kappa shape index (κ1) is 13.0. The van der Waals surface area contributed by atoms with E-state index >= 15 is 0 Å². The van der Waals surface area contributed by atoms with Gasteiger partial charge in [0.25, 0.3) is 0 Å². The number of nitrogens with zero attached hydrogens (tertiary/aromatic N) is 2. The summed E-state index contributed by atoms with van der Waals surface area (Å²) in [6.07, 6.45) is 4.82. The van der Waals surface area contributed by atoms with Crippen molar-refractivity contribution in [2.24, 2.45) is 0 Å². The second-order valence-corrected chi connectivity index (χ2v) is 4.42. The number of carboxylic acids is 1. The van der Waals surface area contributed by atoms with Crippen LogP contribution in [0.4, 0.5) is 4.39 Å². The lowest BCUT2D eigenvalue weighted by atomic mass is 10.1. The molecule has 2 heterocycles. The predicted molar refractivity (Wildman–Crippen MR) is 76.2 cm³/mol. The van der Waals surface area contributed by atoms with Crippen LogP contribution in [0.1, 0.15) is 21.7 Å². The summed E-state index contributed by atoms with van der Waals surface area (Å²) >= 11 is 0. The van der Waals surface area contributed by atoms with Gasteiger partial charge in [0.1, 0.15) is 11.5 Å². The minimum Gasteiger partial charge on any atom is -0.477 e. The Labute approximate surface area is 118 Å². The highest BCUT2D eigenvalue weighted by Crippen LogP contribution is 2.18. The van der Waals surface area contributed by atoms with Gasteiger partial charge in [0, 0.05) is 5.39 Å². The summed E-state index contributed by atoms with van der Waals surface area (Å²) in [5, 5.41) is 16.5. The van der Waals surface area contributed by atoms with E-state index in [0.29, 0.717) is 22.2 Å². The molecule has 0 amide bonds. The molecule has 2 N–H and O–H groups in total. The van der Waals surface area contributed by atoms with E-state index in [1.54, 1.807) is 24.3 Å². The standard InChI is InChI=1S/C15H10FN3O2/c16-10-3-1-2-9(6-10)4-5-12-11-7-13(15(20)21)17-8-14(11)19-18-12/h1-8H,(H,18,19)(H,20,21). The number of fused-ring (bicyclic) bond motifs is 1. The van der Waals surface area contributed by atoms with Crippen molar-refractivity contribution >= 4 is 29.0 Å². The summed E-state index contributed by atoms with van der Waals surface area (Å²) in [6.45, 7) is 0. The van der Waals surface area contributed by atoms with Crippen LogP contribution in [-0.2, 0) is 0 Å². The zero-order valence-electron chi connectivity index (χ0n) is 10.7. The molecule has 3 rings (SSSR count). The summed E-state index contributed by atoms with van der Waals surface area (Å²) in [5.41, 5.74) is 1.85. The SMILES string of the molecule is O=C(O)c1cc2c(C=Cc3cccc(F)c3)n[nH]c2cn1. The van der Waals surface area contributed by atoms with Gasteiger partial charge in [-0.15, -0.1) is 0 Å². The van der Waals surface area contributed by atoms with E-state index < -0.39 is 5.97 Å². The molecule has 5 nitrogen and oxygen atoms in total. The molecule has 0 spiro atoms. The van der Waals surface area contributed by atoms with Crippen molar-refractivity contribution in [1.29, 1.82) is 0 Å². The van der Waals surface area contributed by atoms with Crippen LogP contribution in [0.25, 0.3) is 23.1 Å². The summed E-state index contributed by atoms with van der Waals surface area (Å²) in [7, 11) is 0. The summed E-state index contributed by atoms with van der Waals surface area (Å²) in [4.78, 5) is 14.7. The third-order valence-corrected chi connectivity index (χ3v) is 2.98. The molecule has 1 aromatic carbocycles. The second kappa shape index (κ2) is 5.16. The molecule has 21 heavy (non-hydrogen) atoms. The molecule has 104 valence electrons. The van der Waals surface area contributed by atoms with E-state index in [0.717, 1.165) is 0 Å². The molecule has 0 aliphatic heterocycles. The van der Waals surface area contributed by atoms with Gasteiger partial charge in [-0.1, -0.05) is 18.2 Å². The van der Waals surface area contributed by atoms with Gasteiger partial charge in [0.15, 0.2) is 0 Å². The van der Waals surface area contributed by atoms with Crippen LogP contribution in [0.3, 0.4) is 0 Å². The highest BCUT2D eigenvalue weighted by atomic mass is 19.1. The molecule has 0 aliphatic carbocycles. The number of pyridine rings is 1. The number of aromatic nitrogens is 3. The molecule has 0 saturated carbocycles. The van der Waals surface area contributed by atoms with Crippen LogP contribution in [0.2, 0.25) is 0 Å². The quantitative estimate of drug-likeness (QED) is 0.774. The van der Waals surface area contributed by atoms with E-state index in [1.165, 1.54) is 24.4 Å². The van der Waals surface area contributed by atoms with Crippen molar-refractivity contribution in [2.45, 2.75) is 0 Å². The summed E-state index contributed by atoms with van der Waals surface area (Å²) < 4.78 is 13.1. The number of hydrogen-bond donors (Lipinski definition) is 2. The second-order valence-electron chi connectivity index (χ2n) is 4.42. The van der Waals surface area contributed by atoms with Crippen LogP contribution in [-0.4, -0.2) is 26.3 Å². The molecule has 0 radical (unpaired) electrons. The van der Waals surface area contributed by atoms with Crippen molar-refractivity contribution in [1.82, 2.24) is 15.2 Å². The molecular formula is C15H10FN3O2. The Balaban J connectivity index is 2.00. The van der Waals surface area contributed by atoms with Gasteiger partial charge in [0.2, 0.25) is 0 Å². The monoisotopic (exact) mass is 283 g/mol. The van der Waals surface area contributed by atoms with Crippen LogP contribution in [0, 0.1) is 5.82 Å². The predicted octanol–water partition coefficient (Wildman–Crippen LogP) is 2.97. The summed E-state index contributed by atoms with van der Waals surface area (Å²) in [6, 6.07) is 7.59. The van der Waals surface area contributed by atoms with Gasteiger partial charge >= 0.3 is 5.97 Å². The minimum absolute atomic E-state index is 0.0516. The average Bonchev–Trinajstić information content (AvgIpc) is 2.87. The number of H-pyrrole nitrogens is 1. The zero-order chi connectivity index (χ0) is 14.8. The fourth-order valence-corrected chi connectivity index (χ4v) is 1.97. The number of carbonyl (C=O) groups is 1. The molecule has 6 heteroatoms. The number of hydrogen-bond acceptors (Lipinski definition) is 3. The first-order valence-corrected chi connectivity index (χ1v) is 6.14. The molecule has 0 aliphatic rings. The lowest BCUT2D eigenvalue weighted by Gasteiger charge is -1.95. The van der Waals surface area contributed by atoms with Crippen LogP contribution >= 0.6 is 0 Å². The van der Waals surface area contributed by atoms with Gasteiger partial charge in [0.05, 0.1) is 17.4 Å². The van der Waals surface area contributed by atoms with E-state index in [-0.39, 0.29) is 11.5 Å². The molecule has 0 atom stereocenters. The number of nitrogens with one attached hydrogen (secondary N) is 1. The Morgan fingerprint density at radius 3 is 2.90 bits per heavy atom. The largest absolute Gasteiger partial charge is 0.477 e. The van der Waals surface area contributed by atoms with Crippen LogP contribution < -0.4 is 0 Å². The van der Waals surface area contributed by atoms with E-state index in [1.807, 2.05) is 0 Å². The fraction of sp³-hybridized carbons (Fsp3) is 0. The summed E-state index contributed by atoms with van der Waals surface area (Å²) in [5.74, 6) is -1.42. The first-order chi connectivity index (χ1) is 10.1. The van der Waals surface area contributed by atoms with Crippen molar-refractivity contribution < 1.29 is 14.3 Å². The molecule has 0 saturated heterocycles. The highest BCUT2D eigenvalue weighted by Gasteiger charge is 2.09. The van der Waals surface area contributed by atoms with Gasteiger partial charge in [-0.25, -0.2) is 14.2 Å². The van der Waals surface area contributed by atoms with E-state index in [4.69, 9.17) is 5.11 Å². The van der Waals surface area contributed by atoms with Crippen LogP contribution in [0.5, 0.6) is 0 Å². The highest BCUT2D eigenvalue weighted by molar-refractivity contribution is 5.94. The Morgan fingerprint density at radius 1 is 1.29 bits per heavy atom. The Bertz CT molecular complexity index is 855. The van der Waals surface area contributed by atoms with Crippen molar-refractivity contribution in [2.75, 3.05) is 0 Å². The van der Waals surface area contributed by atoms with E-state index in [9.17, 15) is 9.18 Å². The van der Waals surface area contributed by atoms with Crippen molar-refractivity contribution in [3.63, 3.8) is 0 Å². The Morgan fingerprint density at radius 2 is 2.14 bits per heavy atom. The van der Waals surface area contributed by atoms with Gasteiger partial charge in [-0.05, 0) is 29.8 Å². The molecule has 2 aromatic heterocycles. The van der Waals surface area contributed by atoms with Gasteiger partial charge in [-0.3, -0.25) is 5.10 Å². The number of aromatic carboxylic acids is 1. The maximum absolute atomic E-state index is 13.1. The molecule has 0 bridgehead atoms. The number of aromatic amines is 1. The minimum atomic E-state index is -1.10. The average molecular weight is 283 g/mol. The molecule has 3 aromatic rings. The van der Waals surface area contributed by atoms with Crippen LogP contribution in [0.15, 0.2) is 36.5 Å². The third kappa shape index (κ3) is 2.64. The lowest BCUT2D eigenvalue weighted by molar-refractivity contribution is 0.0690. The number of rotatable bonds is 3. The molecule has 0 fully saturated rings. The number of halogens is 1. The van der Waals surface area contributed by atoms with Gasteiger partial charge < -0.3 is 5.11 Å². The normalized spacial score (nSPS) is 11.3. The van der Waals surface area contributed by atoms with Crippen molar-refractivity contribution in [3.05, 3.63) is 59.3 Å². The van der Waals surface area contributed by atoms with Crippen molar-refractivity contribution in [3.8, 4) is 0 Å². The number of carboxylic acid groups (broad SMARTS) is 1. The van der Waals surface area contributed by atoms with E-state index in [2.05, 4.69) is 15.2 Å². The van der Waals surface area contributed by atoms with Gasteiger partial charge in [-0.2, -0.15) is 5.10 Å². The maximum Gasteiger partial charge on any atom is 0.354 e. The smallest absolute Gasteiger partial charge is 0.354 e. The zero-order valence-corrected chi connectivity index (χ0v) is 10.7. The number of benzene rings is 1. The lowest BCUT2D eigenvalue weighted by Crippen LogP contribution is -1.98. The first-order valence-electron chi connectivity index (χ1n) is 6.14.